The molecule has 2 aromatic carbocycles. The smallest absolute Gasteiger partial charge is 0.0124 e. The molecule has 4 rings (SSSR count). The van der Waals surface area contributed by atoms with E-state index in [1.165, 1.54) is 37.2 Å². The zero-order valence-electron chi connectivity index (χ0n) is 12.0. The molecule has 1 heterocycles. The summed E-state index contributed by atoms with van der Waals surface area (Å²) in [6, 6.07) is 20.0. The first-order chi connectivity index (χ1) is 9.82. The maximum atomic E-state index is 2.60. The minimum atomic E-state index is 0.491. The molecule has 2 aliphatic rings. The van der Waals surface area contributed by atoms with Gasteiger partial charge in [-0.25, -0.2) is 0 Å². The molecular formula is C19H21N. The number of fused-ring (bicyclic) bond motifs is 1. The lowest BCUT2D eigenvalue weighted by molar-refractivity contribution is 0.314. The van der Waals surface area contributed by atoms with Crippen LogP contribution in [0.1, 0.15) is 18.9 Å². The number of piperidine rings is 1. The average molecular weight is 263 g/mol. The fourth-order valence-corrected chi connectivity index (χ4v) is 3.90. The second kappa shape index (κ2) is 4.46. The summed E-state index contributed by atoms with van der Waals surface area (Å²) < 4.78 is 0. The number of nitrogens with zero attached hydrogens (tertiary/aromatic N) is 1. The van der Waals surface area contributed by atoms with Crippen molar-refractivity contribution in [1.29, 1.82) is 0 Å². The number of likely N-dealkylation sites (N-methyl/N-ethyl adjacent to an activating group) is 1. The average Bonchev–Trinajstić information content (AvgIpc) is 3.10. The van der Waals surface area contributed by atoms with Gasteiger partial charge in [0.15, 0.2) is 0 Å². The predicted octanol–water partition coefficient (Wildman–Crippen LogP) is 3.95. The van der Waals surface area contributed by atoms with Gasteiger partial charge in [0.1, 0.15) is 0 Å². The highest BCUT2D eigenvalue weighted by atomic mass is 15.2. The third-order valence-electron chi connectivity index (χ3n) is 5.23. The van der Waals surface area contributed by atoms with Crippen molar-refractivity contribution < 1.29 is 0 Å². The molecule has 0 bridgehead atoms. The third kappa shape index (κ3) is 1.81. The molecule has 1 saturated carbocycles. The SMILES string of the molecule is CCN1CC2CC2(c2ccc(-c3ccccc3)cc2)C1. The zero-order chi connectivity index (χ0) is 13.6. The van der Waals surface area contributed by atoms with E-state index in [2.05, 4.69) is 66.4 Å². The summed E-state index contributed by atoms with van der Waals surface area (Å²) in [4.78, 5) is 2.60. The number of likely N-dealkylation sites (tertiary alicyclic amines) is 1. The van der Waals surface area contributed by atoms with Crippen LogP contribution >= 0.6 is 0 Å². The highest BCUT2D eigenvalue weighted by molar-refractivity contribution is 5.64. The molecule has 2 unspecified atom stereocenters. The number of rotatable bonds is 3. The van der Waals surface area contributed by atoms with E-state index < -0.39 is 0 Å². The van der Waals surface area contributed by atoms with E-state index in [4.69, 9.17) is 0 Å². The summed E-state index contributed by atoms with van der Waals surface area (Å²) in [5.41, 5.74) is 4.68. The molecule has 0 spiro atoms. The van der Waals surface area contributed by atoms with Crippen molar-refractivity contribution in [3.63, 3.8) is 0 Å². The molecule has 102 valence electrons. The normalized spacial score (nSPS) is 28.4. The molecule has 0 amide bonds. The highest BCUT2D eigenvalue weighted by Crippen LogP contribution is 2.58. The molecule has 1 aliphatic heterocycles. The van der Waals surface area contributed by atoms with Gasteiger partial charge in [-0.3, -0.25) is 0 Å². The van der Waals surface area contributed by atoms with E-state index in [0.29, 0.717) is 5.41 Å². The Hall–Kier alpha value is -1.60. The second-order valence-electron chi connectivity index (χ2n) is 6.33. The van der Waals surface area contributed by atoms with Gasteiger partial charge in [-0.05, 0) is 35.6 Å². The maximum Gasteiger partial charge on any atom is 0.0124 e. The van der Waals surface area contributed by atoms with Gasteiger partial charge in [0.2, 0.25) is 0 Å². The molecule has 2 fully saturated rings. The first-order valence-electron chi connectivity index (χ1n) is 7.70. The molecular weight excluding hydrogens is 242 g/mol. The van der Waals surface area contributed by atoms with Crippen LogP contribution in [-0.4, -0.2) is 24.5 Å². The second-order valence-corrected chi connectivity index (χ2v) is 6.33. The van der Waals surface area contributed by atoms with Crippen molar-refractivity contribution in [3.8, 4) is 11.1 Å². The number of hydrogen-bond donors (Lipinski definition) is 0. The van der Waals surface area contributed by atoms with Crippen LogP contribution in [0.3, 0.4) is 0 Å². The standard InChI is InChI=1S/C19H21N/c1-2-20-13-18-12-19(18,14-20)17-10-8-16(9-11-17)15-6-4-3-5-7-15/h3-11,18H,2,12-14H2,1H3. The lowest BCUT2D eigenvalue weighted by Crippen LogP contribution is -2.26. The first kappa shape index (κ1) is 12.2. The molecule has 0 N–H and O–H groups in total. The topological polar surface area (TPSA) is 3.24 Å². The van der Waals surface area contributed by atoms with Crippen molar-refractivity contribution in [2.24, 2.45) is 5.92 Å². The van der Waals surface area contributed by atoms with Crippen LogP contribution < -0.4 is 0 Å². The van der Waals surface area contributed by atoms with E-state index in [1.54, 1.807) is 5.56 Å². The summed E-state index contributed by atoms with van der Waals surface area (Å²) in [5, 5.41) is 0. The van der Waals surface area contributed by atoms with Crippen LogP contribution in [0.5, 0.6) is 0 Å². The van der Waals surface area contributed by atoms with Crippen molar-refractivity contribution in [2.45, 2.75) is 18.8 Å². The van der Waals surface area contributed by atoms with Crippen LogP contribution in [0.15, 0.2) is 54.6 Å². The number of hydrogen-bond acceptors (Lipinski definition) is 1. The Morgan fingerprint density at radius 3 is 2.35 bits per heavy atom. The minimum Gasteiger partial charge on any atom is -0.302 e. The summed E-state index contributed by atoms with van der Waals surface area (Å²) in [6.07, 6.45) is 1.40. The van der Waals surface area contributed by atoms with Crippen molar-refractivity contribution in [3.05, 3.63) is 60.2 Å². The van der Waals surface area contributed by atoms with Crippen LogP contribution in [-0.2, 0) is 5.41 Å². The monoisotopic (exact) mass is 263 g/mol. The lowest BCUT2D eigenvalue weighted by atomic mass is 9.93. The van der Waals surface area contributed by atoms with Crippen molar-refractivity contribution in [1.82, 2.24) is 4.90 Å². The molecule has 1 heteroatoms. The van der Waals surface area contributed by atoms with Gasteiger partial charge in [0, 0.05) is 18.5 Å². The highest BCUT2D eigenvalue weighted by Gasteiger charge is 2.60. The Morgan fingerprint density at radius 2 is 1.70 bits per heavy atom. The zero-order valence-corrected chi connectivity index (χ0v) is 12.0. The van der Waals surface area contributed by atoms with Gasteiger partial charge in [0.05, 0.1) is 0 Å². The molecule has 0 aromatic heterocycles. The quantitative estimate of drug-likeness (QED) is 0.810. The molecule has 2 aromatic rings. The molecule has 20 heavy (non-hydrogen) atoms. The first-order valence-corrected chi connectivity index (χ1v) is 7.70. The van der Waals surface area contributed by atoms with Gasteiger partial charge >= 0.3 is 0 Å². The molecule has 2 atom stereocenters. The fourth-order valence-electron chi connectivity index (χ4n) is 3.90. The molecule has 0 radical (unpaired) electrons. The molecule has 1 nitrogen and oxygen atoms in total. The Balaban J connectivity index is 1.60. The van der Waals surface area contributed by atoms with E-state index >= 15 is 0 Å². The summed E-state index contributed by atoms with van der Waals surface area (Å²) >= 11 is 0. The predicted molar refractivity (Wildman–Crippen MR) is 83.8 cm³/mol. The van der Waals surface area contributed by atoms with Gasteiger partial charge in [0.25, 0.3) is 0 Å². The Kier molecular flexibility index (Phi) is 2.71. The Labute approximate surface area is 121 Å². The van der Waals surface area contributed by atoms with Crippen molar-refractivity contribution >= 4 is 0 Å². The molecule has 1 saturated heterocycles. The van der Waals surface area contributed by atoms with Gasteiger partial charge in [-0.2, -0.15) is 0 Å². The lowest BCUT2D eigenvalue weighted by Gasteiger charge is -2.19. The third-order valence-corrected chi connectivity index (χ3v) is 5.23. The summed E-state index contributed by atoms with van der Waals surface area (Å²) in [5.74, 6) is 0.907. The van der Waals surface area contributed by atoms with Crippen molar-refractivity contribution in [2.75, 3.05) is 19.6 Å². The van der Waals surface area contributed by atoms with Gasteiger partial charge < -0.3 is 4.90 Å². The molecule has 1 aliphatic carbocycles. The maximum absolute atomic E-state index is 2.60. The van der Waals surface area contributed by atoms with E-state index in [1.807, 2.05) is 0 Å². The summed E-state index contributed by atoms with van der Waals surface area (Å²) in [7, 11) is 0. The van der Waals surface area contributed by atoms with Gasteiger partial charge in [-0.15, -0.1) is 0 Å². The van der Waals surface area contributed by atoms with E-state index in [0.717, 1.165) is 5.92 Å². The van der Waals surface area contributed by atoms with E-state index in [-0.39, 0.29) is 0 Å². The minimum absolute atomic E-state index is 0.491. The Bertz CT molecular complexity index is 601. The number of benzene rings is 2. The van der Waals surface area contributed by atoms with Crippen LogP contribution in [0.2, 0.25) is 0 Å². The van der Waals surface area contributed by atoms with Gasteiger partial charge in [-0.1, -0.05) is 61.5 Å². The largest absolute Gasteiger partial charge is 0.302 e. The van der Waals surface area contributed by atoms with Crippen LogP contribution in [0.25, 0.3) is 11.1 Å². The Morgan fingerprint density at radius 1 is 1.00 bits per heavy atom. The van der Waals surface area contributed by atoms with E-state index in [9.17, 15) is 0 Å². The van der Waals surface area contributed by atoms with Crippen LogP contribution in [0.4, 0.5) is 0 Å². The fraction of sp³-hybridized carbons (Fsp3) is 0.368. The summed E-state index contributed by atoms with van der Waals surface area (Å²) in [6.45, 7) is 6.03. The van der Waals surface area contributed by atoms with Crippen LogP contribution in [0, 0.1) is 5.92 Å².